The minimum absolute atomic E-state index is 0.803. The predicted molar refractivity (Wildman–Crippen MR) is 83.8 cm³/mol. The zero-order valence-electron chi connectivity index (χ0n) is 13.2. The molecule has 0 amide bonds. The van der Waals surface area contributed by atoms with Gasteiger partial charge in [0.05, 0.1) is 0 Å². The molecule has 0 aromatic heterocycles. The molecule has 2 heterocycles. The first kappa shape index (κ1) is 13.6. The molecule has 4 fully saturated rings. The van der Waals surface area contributed by atoms with Crippen molar-refractivity contribution in [2.75, 3.05) is 13.1 Å². The number of fused-ring (bicyclic) bond motifs is 2. The zero-order chi connectivity index (χ0) is 13.6. The van der Waals surface area contributed by atoms with Gasteiger partial charge < -0.3 is 5.32 Å². The lowest BCUT2D eigenvalue weighted by atomic mass is 9.80. The van der Waals surface area contributed by atoms with Crippen LogP contribution in [-0.4, -0.2) is 36.1 Å². The molecule has 114 valence electrons. The molecule has 20 heavy (non-hydrogen) atoms. The monoisotopic (exact) mass is 276 g/mol. The molecule has 0 aromatic rings. The van der Waals surface area contributed by atoms with Crippen molar-refractivity contribution >= 4 is 0 Å². The number of hydrogen-bond acceptors (Lipinski definition) is 2. The lowest BCUT2D eigenvalue weighted by Gasteiger charge is -2.50. The van der Waals surface area contributed by atoms with E-state index in [0.717, 1.165) is 29.5 Å². The van der Waals surface area contributed by atoms with Gasteiger partial charge >= 0.3 is 0 Å². The van der Waals surface area contributed by atoms with Crippen molar-refractivity contribution in [1.29, 1.82) is 0 Å². The summed E-state index contributed by atoms with van der Waals surface area (Å²) >= 11 is 0. The lowest BCUT2D eigenvalue weighted by molar-refractivity contribution is 0.00539. The molecule has 2 unspecified atom stereocenters. The number of nitrogens with zero attached hydrogens (tertiary/aromatic N) is 1. The van der Waals surface area contributed by atoms with Crippen LogP contribution in [-0.2, 0) is 0 Å². The summed E-state index contributed by atoms with van der Waals surface area (Å²) in [6, 6.07) is 2.64. The van der Waals surface area contributed by atoms with Gasteiger partial charge in [-0.15, -0.1) is 0 Å². The average Bonchev–Trinajstić information content (AvgIpc) is 3.29. The molecule has 2 atom stereocenters. The van der Waals surface area contributed by atoms with E-state index in [4.69, 9.17) is 0 Å². The van der Waals surface area contributed by atoms with Gasteiger partial charge in [0.2, 0.25) is 0 Å². The summed E-state index contributed by atoms with van der Waals surface area (Å²) in [5.41, 5.74) is 0.803. The van der Waals surface area contributed by atoms with Crippen LogP contribution < -0.4 is 5.32 Å². The Morgan fingerprint density at radius 3 is 2.30 bits per heavy atom. The molecule has 1 N–H and O–H groups in total. The summed E-state index contributed by atoms with van der Waals surface area (Å²) in [5.74, 6) is 1.12. The highest BCUT2D eigenvalue weighted by molar-refractivity contribution is 5.08. The Hall–Kier alpha value is -0.0800. The van der Waals surface area contributed by atoms with Gasteiger partial charge in [-0.2, -0.15) is 0 Å². The summed E-state index contributed by atoms with van der Waals surface area (Å²) in [6.07, 6.45) is 14.8. The Balaban J connectivity index is 1.40. The van der Waals surface area contributed by atoms with E-state index in [1.54, 1.807) is 25.7 Å². The van der Waals surface area contributed by atoms with Gasteiger partial charge in [0.25, 0.3) is 0 Å². The molecule has 2 saturated heterocycles. The highest BCUT2D eigenvalue weighted by Gasteiger charge is 2.55. The Morgan fingerprint density at radius 1 is 1.05 bits per heavy atom. The van der Waals surface area contributed by atoms with Crippen molar-refractivity contribution in [3.05, 3.63) is 0 Å². The fraction of sp³-hybridized carbons (Fsp3) is 1.00. The largest absolute Gasteiger partial charge is 0.314 e. The fourth-order valence-corrected chi connectivity index (χ4v) is 5.17. The minimum Gasteiger partial charge on any atom is -0.314 e. The third-order valence-corrected chi connectivity index (χ3v) is 6.64. The Bertz CT molecular complexity index is 331. The third kappa shape index (κ3) is 2.54. The van der Waals surface area contributed by atoms with Gasteiger partial charge in [-0.3, -0.25) is 4.90 Å². The highest BCUT2D eigenvalue weighted by Crippen LogP contribution is 2.62. The SMILES string of the molecule is CCCNC1CC2CCCC(C1)N2CC1(C2CC2)CC1. The molecule has 4 rings (SSSR count). The summed E-state index contributed by atoms with van der Waals surface area (Å²) in [6.45, 7) is 4.97. The number of piperidine rings is 2. The second kappa shape index (κ2) is 5.28. The van der Waals surface area contributed by atoms with Crippen LogP contribution in [0.25, 0.3) is 0 Å². The van der Waals surface area contributed by atoms with Crippen LogP contribution in [0.15, 0.2) is 0 Å². The van der Waals surface area contributed by atoms with Crippen LogP contribution in [0.2, 0.25) is 0 Å². The van der Waals surface area contributed by atoms with Gasteiger partial charge in [0.1, 0.15) is 0 Å². The maximum atomic E-state index is 3.81. The van der Waals surface area contributed by atoms with Gasteiger partial charge in [0, 0.05) is 24.7 Å². The first-order valence-corrected chi connectivity index (χ1v) is 9.30. The Labute approximate surface area is 124 Å². The Morgan fingerprint density at radius 2 is 1.75 bits per heavy atom. The van der Waals surface area contributed by atoms with Crippen LogP contribution in [0.5, 0.6) is 0 Å². The van der Waals surface area contributed by atoms with Gasteiger partial charge in [0.15, 0.2) is 0 Å². The molecule has 2 aliphatic heterocycles. The van der Waals surface area contributed by atoms with E-state index in [9.17, 15) is 0 Å². The second-order valence-electron chi connectivity index (χ2n) is 8.17. The van der Waals surface area contributed by atoms with Gasteiger partial charge in [-0.05, 0) is 75.7 Å². The molecular weight excluding hydrogens is 244 g/mol. The molecule has 2 aliphatic carbocycles. The maximum Gasteiger partial charge on any atom is 0.0113 e. The fourth-order valence-electron chi connectivity index (χ4n) is 5.17. The molecule has 0 aromatic carbocycles. The first-order chi connectivity index (χ1) is 9.81. The van der Waals surface area contributed by atoms with Crippen molar-refractivity contribution in [3.63, 3.8) is 0 Å². The van der Waals surface area contributed by atoms with Crippen LogP contribution in [0.1, 0.15) is 71.1 Å². The average molecular weight is 276 g/mol. The van der Waals surface area contributed by atoms with Crippen LogP contribution in [0.3, 0.4) is 0 Å². The van der Waals surface area contributed by atoms with Crippen molar-refractivity contribution in [1.82, 2.24) is 10.2 Å². The van der Waals surface area contributed by atoms with E-state index in [-0.39, 0.29) is 0 Å². The second-order valence-corrected chi connectivity index (χ2v) is 8.17. The smallest absolute Gasteiger partial charge is 0.0113 e. The van der Waals surface area contributed by atoms with Crippen molar-refractivity contribution < 1.29 is 0 Å². The van der Waals surface area contributed by atoms with Crippen molar-refractivity contribution in [2.24, 2.45) is 11.3 Å². The number of nitrogens with one attached hydrogen (secondary N) is 1. The van der Waals surface area contributed by atoms with E-state index in [1.807, 2.05) is 0 Å². The maximum absolute atomic E-state index is 3.81. The predicted octanol–water partition coefficient (Wildman–Crippen LogP) is 3.56. The molecular formula is C18H32N2. The molecule has 2 heteroatoms. The van der Waals surface area contributed by atoms with E-state index in [2.05, 4.69) is 17.1 Å². The molecule has 2 bridgehead atoms. The van der Waals surface area contributed by atoms with Gasteiger partial charge in [-0.1, -0.05) is 13.3 Å². The summed E-state index contributed by atoms with van der Waals surface area (Å²) in [4.78, 5) is 2.99. The standard InChI is InChI=1S/C18H32N2/c1-2-10-19-15-11-16-4-3-5-17(12-15)20(16)13-18(8-9-18)14-6-7-14/h14-17,19H,2-13H2,1H3. The van der Waals surface area contributed by atoms with Crippen molar-refractivity contribution in [2.45, 2.75) is 89.3 Å². The summed E-state index contributed by atoms with van der Waals surface area (Å²) in [7, 11) is 0. The topological polar surface area (TPSA) is 15.3 Å². The third-order valence-electron chi connectivity index (χ3n) is 6.64. The van der Waals surface area contributed by atoms with Crippen LogP contribution in [0, 0.1) is 11.3 Å². The van der Waals surface area contributed by atoms with Gasteiger partial charge in [-0.25, -0.2) is 0 Å². The van der Waals surface area contributed by atoms with Crippen LogP contribution >= 0.6 is 0 Å². The van der Waals surface area contributed by atoms with E-state index in [0.29, 0.717) is 0 Å². The highest BCUT2D eigenvalue weighted by atomic mass is 15.2. The number of hydrogen-bond donors (Lipinski definition) is 1. The first-order valence-electron chi connectivity index (χ1n) is 9.30. The molecule has 0 spiro atoms. The summed E-state index contributed by atoms with van der Waals surface area (Å²) < 4.78 is 0. The molecule has 2 saturated carbocycles. The molecule has 4 aliphatic rings. The Kier molecular flexibility index (Phi) is 3.58. The van der Waals surface area contributed by atoms with E-state index < -0.39 is 0 Å². The van der Waals surface area contributed by atoms with Crippen LogP contribution in [0.4, 0.5) is 0 Å². The quantitative estimate of drug-likeness (QED) is 0.798. The molecule has 2 nitrogen and oxygen atoms in total. The lowest BCUT2D eigenvalue weighted by Crippen LogP contribution is -2.57. The van der Waals surface area contributed by atoms with E-state index in [1.165, 1.54) is 51.6 Å². The van der Waals surface area contributed by atoms with E-state index >= 15 is 0 Å². The zero-order valence-corrected chi connectivity index (χ0v) is 13.2. The van der Waals surface area contributed by atoms with Crippen molar-refractivity contribution in [3.8, 4) is 0 Å². The minimum atomic E-state index is 0.803. The summed E-state index contributed by atoms with van der Waals surface area (Å²) in [5, 5.41) is 3.81. The normalized spacial score (nSPS) is 39.8. The number of rotatable bonds is 6. The molecule has 0 radical (unpaired) electrons.